The van der Waals surface area contributed by atoms with E-state index in [1.165, 1.54) is 5.56 Å². The monoisotopic (exact) mass is 338 g/mol. The van der Waals surface area contributed by atoms with Crippen molar-refractivity contribution in [3.63, 3.8) is 0 Å². The Labute approximate surface area is 140 Å². The van der Waals surface area contributed by atoms with Gasteiger partial charge in [-0.1, -0.05) is 60.5 Å². The second kappa shape index (κ2) is 7.64. The Kier molecular flexibility index (Phi) is 5.85. The fourth-order valence-electron chi connectivity index (χ4n) is 2.01. The van der Waals surface area contributed by atoms with Crippen LogP contribution in [0.4, 0.5) is 5.69 Å². The molecule has 0 aromatic heterocycles. The molecule has 2 nitrogen and oxygen atoms in total. The summed E-state index contributed by atoms with van der Waals surface area (Å²) >= 11 is 17.4. The van der Waals surface area contributed by atoms with Gasteiger partial charge in [0.2, 0.25) is 0 Å². The minimum absolute atomic E-state index is 0.164. The second-order valence-corrected chi connectivity index (χ2v) is 5.85. The van der Waals surface area contributed by atoms with Crippen LogP contribution in [0.5, 0.6) is 0 Å². The Hall–Kier alpha value is -1.29. The van der Waals surface area contributed by atoms with Gasteiger partial charge in [0.25, 0.3) is 0 Å². The highest BCUT2D eigenvalue weighted by Gasteiger charge is 2.11. The van der Waals surface area contributed by atoms with E-state index < -0.39 is 0 Å². The van der Waals surface area contributed by atoms with Crippen LogP contribution in [0.1, 0.15) is 24.9 Å². The van der Waals surface area contributed by atoms with E-state index in [1.54, 1.807) is 12.1 Å². The molecular weight excluding hydrogens is 323 g/mol. The van der Waals surface area contributed by atoms with E-state index in [1.807, 2.05) is 24.3 Å². The molecule has 0 radical (unpaired) electrons. The first-order valence-electron chi connectivity index (χ1n) is 6.67. The summed E-state index contributed by atoms with van der Waals surface area (Å²) in [7, 11) is 0. The average Bonchev–Trinajstić information content (AvgIpc) is 2.48. The van der Waals surface area contributed by atoms with Gasteiger partial charge in [-0.3, -0.25) is 0 Å². The summed E-state index contributed by atoms with van der Waals surface area (Å²) in [6, 6.07) is 15.6. The number of hydrogen-bond donors (Lipinski definition) is 2. The number of hydrogen-bond acceptors (Lipinski definition) is 1. The first kappa shape index (κ1) is 16.1. The molecule has 110 valence electrons. The van der Waals surface area contributed by atoms with E-state index >= 15 is 0 Å². The lowest BCUT2D eigenvalue weighted by molar-refractivity contribution is 0.629. The van der Waals surface area contributed by atoms with E-state index in [0.717, 1.165) is 12.1 Å². The Morgan fingerprint density at radius 1 is 1.14 bits per heavy atom. The number of anilines is 1. The third-order valence-electron chi connectivity index (χ3n) is 3.09. The average molecular weight is 339 g/mol. The minimum Gasteiger partial charge on any atom is -0.356 e. The van der Waals surface area contributed by atoms with Crippen LogP contribution in [0.15, 0.2) is 48.5 Å². The minimum atomic E-state index is 0.164. The van der Waals surface area contributed by atoms with Crippen molar-refractivity contribution in [3.05, 3.63) is 64.1 Å². The van der Waals surface area contributed by atoms with E-state index in [0.29, 0.717) is 15.2 Å². The molecule has 0 bridgehead atoms. The highest BCUT2D eigenvalue weighted by Crippen LogP contribution is 2.25. The summed E-state index contributed by atoms with van der Waals surface area (Å²) in [6.45, 7) is 2.11. The molecule has 5 heteroatoms. The third-order valence-corrected chi connectivity index (χ3v) is 3.86. The van der Waals surface area contributed by atoms with Crippen molar-refractivity contribution >= 4 is 46.2 Å². The molecule has 2 N–H and O–H groups in total. The van der Waals surface area contributed by atoms with Crippen LogP contribution in [-0.4, -0.2) is 5.11 Å². The van der Waals surface area contributed by atoms with Crippen molar-refractivity contribution in [2.45, 2.75) is 19.4 Å². The first-order chi connectivity index (χ1) is 10.1. The highest BCUT2D eigenvalue weighted by atomic mass is 35.5. The highest BCUT2D eigenvalue weighted by molar-refractivity contribution is 7.80. The zero-order valence-corrected chi connectivity index (χ0v) is 13.9. The molecule has 0 spiro atoms. The summed E-state index contributed by atoms with van der Waals surface area (Å²) in [5.41, 5.74) is 1.94. The summed E-state index contributed by atoms with van der Waals surface area (Å²) in [6.07, 6.45) is 0.931. The molecule has 2 rings (SSSR count). The van der Waals surface area contributed by atoms with Gasteiger partial charge in [0.05, 0.1) is 16.8 Å². The predicted molar refractivity (Wildman–Crippen MR) is 95.3 cm³/mol. The molecule has 2 aromatic carbocycles. The molecule has 0 saturated heterocycles. The number of nitrogens with one attached hydrogen (secondary N) is 2. The zero-order valence-electron chi connectivity index (χ0n) is 11.6. The first-order valence-corrected chi connectivity index (χ1v) is 7.84. The lowest BCUT2D eigenvalue weighted by Crippen LogP contribution is -2.32. The van der Waals surface area contributed by atoms with Gasteiger partial charge in [0, 0.05) is 5.02 Å². The van der Waals surface area contributed by atoms with Gasteiger partial charge in [-0.15, -0.1) is 0 Å². The largest absolute Gasteiger partial charge is 0.356 e. The van der Waals surface area contributed by atoms with Gasteiger partial charge < -0.3 is 10.6 Å². The molecule has 0 fully saturated rings. The quantitative estimate of drug-likeness (QED) is 0.726. The predicted octanol–water partition coefficient (Wildman–Crippen LogP) is 5.43. The van der Waals surface area contributed by atoms with Crippen molar-refractivity contribution < 1.29 is 0 Å². The van der Waals surface area contributed by atoms with Crippen LogP contribution in [-0.2, 0) is 0 Å². The smallest absolute Gasteiger partial charge is 0.171 e. The molecule has 0 aliphatic carbocycles. The van der Waals surface area contributed by atoms with E-state index in [2.05, 4.69) is 29.7 Å². The summed E-state index contributed by atoms with van der Waals surface area (Å²) < 4.78 is 0. The second-order valence-electron chi connectivity index (χ2n) is 4.59. The number of benzene rings is 2. The fourth-order valence-corrected chi connectivity index (χ4v) is 2.72. The summed E-state index contributed by atoms with van der Waals surface area (Å²) in [5, 5.41) is 8.08. The van der Waals surface area contributed by atoms with Crippen LogP contribution < -0.4 is 10.6 Å². The van der Waals surface area contributed by atoms with Gasteiger partial charge >= 0.3 is 0 Å². The van der Waals surface area contributed by atoms with Crippen LogP contribution in [0.2, 0.25) is 10.0 Å². The van der Waals surface area contributed by atoms with Gasteiger partial charge in [-0.05, 0) is 42.4 Å². The van der Waals surface area contributed by atoms with Crippen molar-refractivity contribution in [2.75, 3.05) is 5.32 Å². The van der Waals surface area contributed by atoms with Gasteiger partial charge in [-0.25, -0.2) is 0 Å². The maximum Gasteiger partial charge on any atom is 0.171 e. The van der Waals surface area contributed by atoms with Crippen LogP contribution in [0.25, 0.3) is 0 Å². The van der Waals surface area contributed by atoms with Crippen LogP contribution in [0.3, 0.4) is 0 Å². The molecule has 21 heavy (non-hydrogen) atoms. The van der Waals surface area contributed by atoms with Crippen LogP contribution >= 0.6 is 35.4 Å². The number of thiocarbonyl (C=S) groups is 1. The van der Waals surface area contributed by atoms with E-state index in [9.17, 15) is 0 Å². The summed E-state index contributed by atoms with van der Waals surface area (Å²) in [5.74, 6) is 0. The normalized spacial score (nSPS) is 11.8. The topological polar surface area (TPSA) is 24.1 Å². The molecular formula is C16H16Cl2N2S. The van der Waals surface area contributed by atoms with E-state index in [4.69, 9.17) is 35.4 Å². The SMILES string of the molecule is CCC(NC(=S)Nc1ccc(Cl)cc1Cl)c1ccccc1. The van der Waals surface area contributed by atoms with Crippen molar-refractivity contribution in [1.29, 1.82) is 0 Å². The fraction of sp³-hybridized carbons (Fsp3) is 0.188. The Balaban J connectivity index is 2.03. The molecule has 0 amide bonds. The third kappa shape index (κ3) is 4.60. The van der Waals surface area contributed by atoms with Crippen molar-refractivity contribution in [1.82, 2.24) is 5.32 Å². The van der Waals surface area contributed by atoms with Gasteiger partial charge in [0.15, 0.2) is 5.11 Å². The zero-order chi connectivity index (χ0) is 15.2. The molecule has 0 saturated carbocycles. The molecule has 2 aromatic rings. The molecule has 1 unspecified atom stereocenters. The van der Waals surface area contributed by atoms with Gasteiger partial charge in [-0.2, -0.15) is 0 Å². The standard InChI is InChI=1S/C16H16Cl2N2S/c1-2-14(11-6-4-3-5-7-11)19-16(21)20-15-9-8-12(17)10-13(15)18/h3-10,14H,2H2,1H3,(H2,19,20,21). The number of rotatable bonds is 4. The molecule has 1 atom stereocenters. The van der Waals surface area contributed by atoms with Crippen molar-refractivity contribution in [3.8, 4) is 0 Å². The Bertz CT molecular complexity index is 617. The van der Waals surface area contributed by atoms with Crippen molar-refractivity contribution in [2.24, 2.45) is 0 Å². The Morgan fingerprint density at radius 2 is 1.86 bits per heavy atom. The summed E-state index contributed by atoms with van der Waals surface area (Å²) in [4.78, 5) is 0. The lowest BCUT2D eigenvalue weighted by atomic mass is 10.1. The molecule has 0 aliphatic rings. The molecule has 0 heterocycles. The molecule has 0 aliphatic heterocycles. The lowest BCUT2D eigenvalue weighted by Gasteiger charge is -2.20. The maximum atomic E-state index is 6.13. The number of halogens is 2. The Morgan fingerprint density at radius 3 is 2.48 bits per heavy atom. The van der Waals surface area contributed by atoms with Gasteiger partial charge in [0.1, 0.15) is 0 Å². The maximum absolute atomic E-state index is 6.13. The van der Waals surface area contributed by atoms with E-state index in [-0.39, 0.29) is 6.04 Å². The van der Waals surface area contributed by atoms with Crippen LogP contribution in [0, 0.1) is 0 Å².